The van der Waals surface area contributed by atoms with Crippen LogP contribution in [0, 0.1) is 0 Å². The average molecular weight is 298 g/mol. The van der Waals surface area contributed by atoms with Crippen molar-refractivity contribution in [1.82, 2.24) is 19.3 Å². The first-order valence-electron chi connectivity index (χ1n) is 7.89. The Hall–Kier alpha value is -2.14. The number of aliphatic hydroxyl groups excluding tert-OH is 1. The second kappa shape index (κ2) is 6.75. The van der Waals surface area contributed by atoms with Crippen LogP contribution in [0.25, 0.3) is 10.9 Å². The molecule has 0 radical (unpaired) electrons. The summed E-state index contributed by atoms with van der Waals surface area (Å²) in [6.45, 7) is 3.41. The molecular formula is C17H22N4O. The normalized spacial score (nSPS) is 11.4. The van der Waals surface area contributed by atoms with Crippen LogP contribution in [0.1, 0.15) is 31.4 Å². The molecule has 3 rings (SSSR count). The Morgan fingerprint density at radius 1 is 1.18 bits per heavy atom. The van der Waals surface area contributed by atoms with Gasteiger partial charge in [-0.1, -0.05) is 31.5 Å². The zero-order valence-corrected chi connectivity index (χ0v) is 12.9. The van der Waals surface area contributed by atoms with E-state index in [1.54, 1.807) is 0 Å². The smallest absolute Gasteiger partial charge is 0.151 e. The molecule has 0 amide bonds. The first-order chi connectivity index (χ1) is 10.8. The van der Waals surface area contributed by atoms with E-state index in [1.807, 2.05) is 16.8 Å². The standard InChI is InChI=1S/C17H22N4O/c1-2-3-8-16-18-17(21(19-16)11-12-22)13-20-10-9-14-6-4-5-7-15(14)20/h4-7,9-10,22H,2-3,8,11-13H2,1H3. The number of aliphatic hydroxyl groups is 1. The summed E-state index contributed by atoms with van der Waals surface area (Å²) in [4.78, 5) is 4.67. The van der Waals surface area contributed by atoms with Crippen LogP contribution in [0.5, 0.6) is 0 Å². The van der Waals surface area contributed by atoms with Crippen LogP contribution in [0.3, 0.4) is 0 Å². The summed E-state index contributed by atoms with van der Waals surface area (Å²) in [5.41, 5.74) is 1.19. The number of unbranched alkanes of at least 4 members (excludes halogenated alkanes) is 1. The predicted molar refractivity (Wildman–Crippen MR) is 86.8 cm³/mol. The number of fused-ring (bicyclic) bond motifs is 1. The Bertz CT molecular complexity index is 744. The van der Waals surface area contributed by atoms with E-state index in [1.165, 1.54) is 10.9 Å². The van der Waals surface area contributed by atoms with Gasteiger partial charge in [-0.3, -0.25) is 0 Å². The van der Waals surface area contributed by atoms with Gasteiger partial charge in [0.15, 0.2) is 5.82 Å². The van der Waals surface area contributed by atoms with E-state index < -0.39 is 0 Å². The fourth-order valence-electron chi connectivity index (χ4n) is 2.69. The summed E-state index contributed by atoms with van der Waals surface area (Å²) >= 11 is 0. The second-order valence-corrected chi connectivity index (χ2v) is 5.50. The predicted octanol–water partition coefficient (Wildman–Crippen LogP) is 2.62. The first-order valence-corrected chi connectivity index (χ1v) is 7.89. The third-order valence-electron chi connectivity index (χ3n) is 3.85. The van der Waals surface area contributed by atoms with Crippen LogP contribution in [0.15, 0.2) is 36.5 Å². The molecule has 2 aromatic heterocycles. The summed E-state index contributed by atoms with van der Waals surface area (Å²) in [5, 5.41) is 15.0. The zero-order valence-electron chi connectivity index (χ0n) is 12.9. The molecule has 1 N–H and O–H groups in total. The van der Waals surface area contributed by atoms with Gasteiger partial charge in [-0.05, 0) is 23.9 Å². The summed E-state index contributed by atoms with van der Waals surface area (Å²) in [6, 6.07) is 10.4. The molecule has 0 spiro atoms. The van der Waals surface area contributed by atoms with Crippen molar-refractivity contribution in [2.75, 3.05) is 6.61 Å². The number of rotatable bonds is 7. The van der Waals surface area contributed by atoms with Crippen LogP contribution in [-0.2, 0) is 19.5 Å². The molecule has 22 heavy (non-hydrogen) atoms. The number of hydrogen-bond acceptors (Lipinski definition) is 3. The first kappa shape index (κ1) is 14.8. The lowest BCUT2D eigenvalue weighted by atomic mass is 10.2. The fourth-order valence-corrected chi connectivity index (χ4v) is 2.69. The van der Waals surface area contributed by atoms with Gasteiger partial charge < -0.3 is 9.67 Å². The fraction of sp³-hybridized carbons (Fsp3) is 0.412. The molecule has 0 aliphatic rings. The summed E-state index contributed by atoms with van der Waals surface area (Å²) < 4.78 is 4.01. The van der Waals surface area contributed by atoms with E-state index in [0.717, 1.165) is 30.9 Å². The molecule has 0 aliphatic carbocycles. The molecule has 0 saturated carbocycles. The van der Waals surface area contributed by atoms with E-state index in [4.69, 9.17) is 0 Å². The zero-order chi connectivity index (χ0) is 15.4. The minimum Gasteiger partial charge on any atom is -0.394 e. The van der Waals surface area contributed by atoms with Crippen LogP contribution in [0.4, 0.5) is 0 Å². The van der Waals surface area contributed by atoms with Crippen molar-refractivity contribution in [1.29, 1.82) is 0 Å². The molecule has 0 unspecified atom stereocenters. The minimum absolute atomic E-state index is 0.0794. The lowest BCUT2D eigenvalue weighted by Gasteiger charge is -2.06. The maximum absolute atomic E-state index is 9.23. The van der Waals surface area contributed by atoms with Gasteiger partial charge in [0.1, 0.15) is 5.82 Å². The molecule has 0 atom stereocenters. The topological polar surface area (TPSA) is 55.9 Å². The van der Waals surface area contributed by atoms with Crippen molar-refractivity contribution in [3.63, 3.8) is 0 Å². The number of aryl methyl sites for hydroxylation is 1. The van der Waals surface area contributed by atoms with Crippen molar-refractivity contribution in [3.05, 3.63) is 48.2 Å². The van der Waals surface area contributed by atoms with Crippen LogP contribution in [-0.4, -0.2) is 31.0 Å². The Balaban J connectivity index is 1.88. The number of hydrogen-bond donors (Lipinski definition) is 1. The van der Waals surface area contributed by atoms with Crippen LogP contribution >= 0.6 is 0 Å². The molecule has 0 fully saturated rings. The molecule has 0 aliphatic heterocycles. The largest absolute Gasteiger partial charge is 0.394 e. The minimum atomic E-state index is 0.0794. The van der Waals surface area contributed by atoms with Crippen LogP contribution in [0.2, 0.25) is 0 Å². The SMILES string of the molecule is CCCCc1nc(Cn2ccc3ccccc32)n(CCO)n1. The molecule has 5 heteroatoms. The van der Waals surface area contributed by atoms with E-state index in [0.29, 0.717) is 13.1 Å². The van der Waals surface area contributed by atoms with Gasteiger partial charge in [0.05, 0.1) is 19.7 Å². The molecule has 2 heterocycles. The molecule has 5 nitrogen and oxygen atoms in total. The van der Waals surface area contributed by atoms with E-state index in [-0.39, 0.29) is 6.61 Å². The monoisotopic (exact) mass is 298 g/mol. The Kier molecular flexibility index (Phi) is 4.53. The third-order valence-corrected chi connectivity index (χ3v) is 3.85. The third kappa shape index (κ3) is 3.04. The lowest BCUT2D eigenvalue weighted by molar-refractivity contribution is 0.266. The van der Waals surface area contributed by atoms with Crippen molar-refractivity contribution in [2.45, 2.75) is 39.3 Å². The van der Waals surface area contributed by atoms with Crippen molar-refractivity contribution in [3.8, 4) is 0 Å². The van der Waals surface area contributed by atoms with Crippen LogP contribution < -0.4 is 0 Å². The summed E-state index contributed by atoms with van der Waals surface area (Å²) in [5.74, 6) is 1.78. The highest BCUT2D eigenvalue weighted by molar-refractivity contribution is 5.79. The maximum Gasteiger partial charge on any atom is 0.151 e. The van der Waals surface area contributed by atoms with Gasteiger partial charge in [0, 0.05) is 18.1 Å². The molecule has 116 valence electrons. The van der Waals surface area contributed by atoms with Gasteiger partial charge in [0.25, 0.3) is 0 Å². The molecule has 0 bridgehead atoms. The van der Waals surface area contributed by atoms with Gasteiger partial charge in [0.2, 0.25) is 0 Å². The number of para-hydroxylation sites is 1. The summed E-state index contributed by atoms with van der Waals surface area (Å²) in [7, 11) is 0. The second-order valence-electron chi connectivity index (χ2n) is 5.50. The summed E-state index contributed by atoms with van der Waals surface area (Å²) in [6.07, 6.45) is 5.20. The average Bonchev–Trinajstić information content (AvgIpc) is 3.11. The Labute approximate surface area is 130 Å². The van der Waals surface area contributed by atoms with Gasteiger partial charge in [-0.2, -0.15) is 5.10 Å². The van der Waals surface area contributed by atoms with Gasteiger partial charge in [-0.15, -0.1) is 0 Å². The van der Waals surface area contributed by atoms with E-state index in [9.17, 15) is 5.11 Å². The number of benzene rings is 1. The number of aromatic nitrogens is 4. The number of nitrogens with zero attached hydrogens (tertiary/aromatic N) is 4. The van der Waals surface area contributed by atoms with Crippen molar-refractivity contribution >= 4 is 10.9 Å². The highest BCUT2D eigenvalue weighted by atomic mass is 16.3. The maximum atomic E-state index is 9.23. The lowest BCUT2D eigenvalue weighted by Crippen LogP contribution is -2.11. The molecular weight excluding hydrogens is 276 g/mol. The molecule has 3 aromatic rings. The molecule has 0 saturated heterocycles. The highest BCUT2D eigenvalue weighted by Gasteiger charge is 2.11. The van der Waals surface area contributed by atoms with Gasteiger partial charge in [-0.25, -0.2) is 9.67 Å². The highest BCUT2D eigenvalue weighted by Crippen LogP contribution is 2.16. The van der Waals surface area contributed by atoms with Crippen molar-refractivity contribution < 1.29 is 5.11 Å². The van der Waals surface area contributed by atoms with E-state index >= 15 is 0 Å². The van der Waals surface area contributed by atoms with E-state index in [2.05, 4.69) is 46.0 Å². The molecule has 1 aromatic carbocycles. The Morgan fingerprint density at radius 3 is 2.86 bits per heavy atom. The van der Waals surface area contributed by atoms with Gasteiger partial charge >= 0.3 is 0 Å². The quantitative estimate of drug-likeness (QED) is 0.729. The Morgan fingerprint density at radius 2 is 2.05 bits per heavy atom. The van der Waals surface area contributed by atoms with Crippen molar-refractivity contribution in [2.24, 2.45) is 0 Å².